The normalized spacial score (nSPS) is 28.5. The van der Waals surface area contributed by atoms with E-state index in [1.165, 1.54) is 7.11 Å². The highest BCUT2D eigenvalue weighted by atomic mass is 79.9. The summed E-state index contributed by atoms with van der Waals surface area (Å²) < 4.78 is 4.73. The summed E-state index contributed by atoms with van der Waals surface area (Å²) >= 11 is 3.41. The second-order valence-corrected chi connectivity index (χ2v) is 3.63. The SMILES string of the molecule is COC(=O)[C@@H]1CC=CC[C@H]1CBr. The predicted octanol–water partition coefficient (Wildman–Crippen LogP) is 2.14. The quantitative estimate of drug-likeness (QED) is 0.415. The Morgan fingerprint density at radius 1 is 1.58 bits per heavy atom. The number of hydrogen-bond acceptors (Lipinski definition) is 2. The van der Waals surface area contributed by atoms with Crippen LogP contribution in [0.1, 0.15) is 12.8 Å². The predicted molar refractivity (Wildman–Crippen MR) is 51.2 cm³/mol. The van der Waals surface area contributed by atoms with Crippen LogP contribution >= 0.6 is 15.9 Å². The Kier molecular flexibility index (Phi) is 3.79. The molecule has 0 aromatic carbocycles. The van der Waals surface area contributed by atoms with E-state index in [-0.39, 0.29) is 11.9 Å². The van der Waals surface area contributed by atoms with Crippen molar-refractivity contribution in [2.45, 2.75) is 12.8 Å². The second-order valence-electron chi connectivity index (χ2n) is 2.99. The number of halogens is 1. The molecule has 0 saturated carbocycles. The fourth-order valence-electron chi connectivity index (χ4n) is 1.48. The number of hydrogen-bond donors (Lipinski definition) is 0. The third-order valence-corrected chi connectivity index (χ3v) is 3.10. The van der Waals surface area contributed by atoms with Gasteiger partial charge in [0.1, 0.15) is 0 Å². The van der Waals surface area contributed by atoms with Crippen LogP contribution < -0.4 is 0 Å². The van der Waals surface area contributed by atoms with E-state index in [1.54, 1.807) is 0 Å². The third-order valence-electron chi connectivity index (χ3n) is 2.27. The minimum absolute atomic E-state index is 0.0550. The van der Waals surface area contributed by atoms with Crippen molar-refractivity contribution in [3.63, 3.8) is 0 Å². The van der Waals surface area contributed by atoms with E-state index < -0.39 is 0 Å². The molecule has 68 valence electrons. The number of carbonyl (C=O) groups excluding carboxylic acids is 1. The Hall–Kier alpha value is -0.310. The van der Waals surface area contributed by atoms with Crippen molar-refractivity contribution in [1.82, 2.24) is 0 Å². The summed E-state index contributed by atoms with van der Waals surface area (Å²) in [6, 6.07) is 0. The van der Waals surface area contributed by atoms with Crippen LogP contribution in [0.2, 0.25) is 0 Å². The van der Waals surface area contributed by atoms with Gasteiger partial charge in [-0.2, -0.15) is 0 Å². The van der Waals surface area contributed by atoms with E-state index in [9.17, 15) is 4.79 Å². The monoisotopic (exact) mass is 232 g/mol. The van der Waals surface area contributed by atoms with Gasteiger partial charge in [0.15, 0.2) is 0 Å². The molecule has 2 atom stereocenters. The molecule has 0 aromatic rings. The summed E-state index contributed by atoms with van der Waals surface area (Å²) in [6.07, 6.45) is 5.99. The molecule has 12 heavy (non-hydrogen) atoms. The number of carbonyl (C=O) groups is 1. The molecule has 3 heteroatoms. The van der Waals surface area contributed by atoms with E-state index >= 15 is 0 Å². The minimum Gasteiger partial charge on any atom is -0.469 e. The van der Waals surface area contributed by atoms with Gasteiger partial charge in [-0.25, -0.2) is 0 Å². The van der Waals surface area contributed by atoms with Crippen LogP contribution in [0, 0.1) is 11.8 Å². The minimum atomic E-state index is -0.0798. The molecule has 1 aliphatic rings. The molecule has 0 saturated heterocycles. The lowest BCUT2D eigenvalue weighted by atomic mass is 9.84. The van der Waals surface area contributed by atoms with Crippen LogP contribution in [-0.2, 0) is 9.53 Å². The first-order chi connectivity index (χ1) is 5.79. The molecule has 0 fully saturated rings. The van der Waals surface area contributed by atoms with Gasteiger partial charge < -0.3 is 4.74 Å². The number of esters is 1. The molecule has 0 spiro atoms. The molecule has 0 bridgehead atoms. The van der Waals surface area contributed by atoms with Gasteiger partial charge in [-0.05, 0) is 18.8 Å². The highest BCUT2D eigenvalue weighted by molar-refractivity contribution is 9.09. The van der Waals surface area contributed by atoms with Crippen molar-refractivity contribution < 1.29 is 9.53 Å². The average Bonchev–Trinajstić information content (AvgIpc) is 2.16. The lowest BCUT2D eigenvalue weighted by Crippen LogP contribution is -2.27. The fourth-order valence-corrected chi connectivity index (χ4v) is 2.20. The van der Waals surface area contributed by atoms with Crippen molar-refractivity contribution in [1.29, 1.82) is 0 Å². The summed E-state index contributed by atoms with van der Waals surface area (Å²) in [5, 5.41) is 0.872. The molecular weight excluding hydrogens is 220 g/mol. The number of allylic oxidation sites excluding steroid dienone is 2. The lowest BCUT2D eigenvalue weighted by Gasteiger charge is -2.24. The van der Waals surface area contributed by atoms with Gasteiger partial charge in [-0.3, -0.25) is 4.79 Å². The fraction of sp³-hybridized carbons (Fsp3) is 0.667. The summed E-state index contributed by atoms with van der Waals surface area (Å²) in [7, 11) is 1.45. The zero-order chi connectivity index (χ0) is 8.97. The summed E-state index contributed by atoms with van der Waals surface area (Å²) in [6.45, 7) is 0. The maximum Gasteiger partial charge on any atom is 0.309 e. The van der Waals surface area contributed by atoms with Crippen LogP contribution in [0.25, 0.3) is 0 Å². The van der Waals surface area contributed by atoms with Crippen LogP contribution in [0.5, 0.6) is 0 Å². The van der Waals surface area contributed by atoms with E-state index in [0.717, 1.165) is 18.2 Å². The van der Waals surface area contributed by atoms with E-state index in [2.05, 4.69) is 28.1 Å². The lowest BCUT2D eigenvalue weighted by molar-refractivity contribution is -0.147. The van der Waals surface area contributed by atoms with Crippen molar-refractivity contribution in [3.05, 3.63) is 12.2 Å². The first kappa shape index (κ1) is 9.78. The van der Waals surface area contributed by atoms with Gasteiger partial charge in [0.05, 0.1) is 13.0 Å². The van der Waals surface area contributed by atoms with Gasteiger partial charge >= 0.3 is 5.97 Å². The molecule has 0 N–H and O–H groups in total. The molecule has 0 aliphatic heterocycles. The van der Waals surface area contributed by atoms with Crippen LogP contribution in [0.4, 0.5) is 0 Å². The molecule has 1 aliphatic carbocycles. The smallest absolute Gasteiger partial charge is 0.309 e. The maximum absolute atomic E-state index is 11.3. The largest absolute Gasteiger partial charge is 0.469 e. The molecule has 0 aromatic heterocycles. The molecule has 1 rings (SSSR count). The van der Waals surface area contributed by atoms with Gasteiger partial charge in [-0.1, -0.05) is 28.1 Å². The summed E-state index contributed by atoms with van der Waals surface area (Å²) in [5.41, 5.74) is 0. The van der Waals surface area contributed by atoms with Crippen molar-refractivity contribution in [2.24, 2.45) is 11.8 Å². The Morgan fingerprint density at radius 3 is 2.83 bits per heavy atom. The van der Waals surface area contributed by atoms with E-state index in [1.807, 2.05) is 0 Å². The van der Waals surface area contributed by atoms with Crippen LogP contribution in [0.3, 0.4) is 0 Å². The second kappa shape index (κ2) is 4.65. The number of rotatable bonds is 2. The van der Waals surface area contributed by atoms with Gasteiger partial charge in [0, 0.05) is 5.33 Å². The highest BCUT2D eigenvalue weighted by Gasteiger charge is 2.28. The summed E-state index contributed by atoms with van der Waals surface area (Å²) in [5.74, 6) is 0.380. The molecule has 2 nitrogen and oxygen atoms in total. The van der Waals surface area contributed by atoms with Crippen LogP contribution in [-0.4, -0.2) is 18.4 Å². The summed E-state index contributed by atoms with van der Waals surface area (Å²) in [4.78, 5) is 11.3. The molecule has 0 radical (unpaired) electrons. The Bertz CT molecular complexity index is 189. The van der Waals surface area contributed by atoms with Gasteiger partial charge in [0.25, 0.3) is 0 Å². The number of methoxy groups -OCH3 is 1. The van der Waals surface area contributed by atoms with Gasteiger partial charge in [0.2, 0.25) is 0 Å². The van der Waals surface area contributed by atoms with Crippen molar-refractivity contribution in [2.75, 3.05) is 12.4 Å². The Balaban J connectivity index is 2.60. The zero-order valence-corrected chi connectivity index (χ0v) is 8.71. The number of ether oxygens (including phenoxy) is 1. The van der Waals surface area contributed by atoms with Crippen molar-refractivity contribution in [3.8, 4) is 0 Å². The topological polar surface area (TPSA) is 26.3 Å². The first-order valence-corrected chi connectivity index (χ1v) is 5.20. The highest BCUT2D eigenvalue weighted by Crippen LogP contribution is 2.27. The first-order valence-electron chi connectivity index (χ1n) is 4.08. The molecule has 0 heterocycles. The van der Waals surface area contributed by atoms with E-state index in [4.69, 9.17) is 4.74 Å². The maximum atomic E-state index is 11.3. The number of alkyl halides is 1. The Labute approximate surface area is 81.1 Å². The zero-order valence-electron chi connectivity index (χ0n) is 7.13. The van der Waals surface area contributed by atoms with Gasteiger partial charge in [-0.15, -0.1) is 0 Å². The molecular formula is C9H13BrO2. The van der Waals surface area contributed by atoms with Crippen LogP contribution in [0.15, 0.2) is 12.2 Å². The van der Waals surface area contributed by atoms with E-state index in [0.29, 0.717) is 5.92 Å². The molecule has 0 unspecified atom stereocenters. The molecule has 0 amide bonds. The van der Waals surface area contributed by atoms with Crippen molar-refractivity contribution >= 4 is 21.9 Å². The Morgan fingerprint density at radius 2 is 2.25 bits per heavy atom. The third kappa shape index (κ3) is 2.09. The standard InChI is InChI=1S/C9H13BrO2/c1-12-9(11)8-5-3-2-4-7(8)6-10/h2-3,7-8H,4-6H2,1H3/t7-,8+/m0/s1. The average molecular weight is 233 g/mol.